The van der Waals surface area contributed by atoms with Crippen LogP contribution in [0.5, 0.6) is 0 Å². The van der Waals surface area contributed by atoms with Gasteiger partial charge in [-0.05, 0) is 51.4 Å². The molecule has 0 radical (unpaired) electrons. The Morgan fingerprint density at radius 3 is 0.309 bits per heavy atom. The molecule has 81 heavy (non-hydrogen) atoms. The number of hydrogen-bond donors (Lipinski definition) is 0. The molecule has 0 saturated carbocycles. The normalized spacial score (nSPS) is 10.7. The van der Waals surface area contributed by atoms with Crippen LogP contribution in [-0.2, 0) is 19.2 Å². The van der Waals surface area contributed by atoms with Crippen LogP contribution in [0, 0.1) is 39.9 Å². The summed E-state index contributed by atoms with van der Waals surface area (Å²) in [4.78, 5) is 40.9. The zero-order valence-corrected chi connectivity index (χ0v) is 59.1. The van der Waals surface area contributed by atoms with Crippen LogP contribution >= 0.6 is 0 Å². The summed E-state index contributed by atoms with van der Waals surface area (Å²) in [6.07, 6.45) is 79.4. The van der Waals surface area contributed by atoms with Crippen LogP contribution in [0.1, 0.15) is 439 Å². The van der Waals surface area contributed by atoms with Crippen LogP contribution in [0.25, 0.3) is 0 Å². The predicted octanol–water partition coefficient (Wildman–Crippen LogP) is 20.0. The molecule has 0 N–H and O–H groups in total. The van der Waals surface area contributed by atoms with E-state index in [-0.39, 0.29) is 65.6 Å². The van der Waals surface area contributed by atoms with E-state index in [2.05, 4.69) is 27.7 Å². The molecule has 0 rings (SSSR count). The van der Waals surface area contributed by atoms with Gasteiger partial charge in [-0.3, -0.25) is 0 Å². The van der Waals surface area contributed by atoms with Crippen molar-refractivity contribution < 1.29 is 79.5 Å². The SMILES string of the molecule is CCCCCCCCCCCCCCCCCC(=O)[O-].CCCCCCCCCCCCCCCCCC(=O)[O-].CCCCCCCCCCCCCCCCCC(=O)[O-].CCCCCCCCCCCCCCCCCC(=O)[O-].[Th+4]. The maximum atomic E-state index is 10.2. The Kier molecular flexibility index (Phi) is 94.1. The van der Waals surface area contributed by atoms with Crippen LogP contribution in [-0.4, -0.2) is 23.9 Å². The van der Waals surface area contributed by atoms with Gasteiger partial charge < -0.3 is 39.6 Å². The first kappa shape index (κ1) is 89.0. The third kappa shape index (κ3) is 105. The van der Waals surface area contributed by atoms with Gasteiger partial charge in [-0.25, -0.2) is 0 Å². The predicted molar refractivity (Wildman–Crippen MR) is 338 cm³/mol. The van der Waals surface area contributed by atoms with Crippen LogP contribution in [0.2, 0.25) is 0 Å². The second kappa shape index (κ2) is 85.6. The number of carboxylic acid groups (broad SMARTS) is 4. The van der Waals surface area contributed by atoms with Crippen LogP contribution in [0.4, 0.5) is 0 Å². The van der Waals surface area contributed by atoms with E-state index in [0.29, 0.717) is 0 Å². The third-order valence-electron chi connectivity index (χ3n) is 15.9. The molecule has 9 heteroatoms. The summed E-state index contributed by atoms with van der Waals surface area (Å²) in [6.45, 7) is 9.07. The minimum atomic E-state index is -0.903. The summed E-state index contributed by atoms with van der Waals surface area (Å²) >= 11 is 0. The number of unbranched alkanes of at least 4 members (excludes halogenated alkanes) is 56. The number of hydrogen-bond acceptors (Lipinski definition) is 8. The van der Waals surface area contributed by atoms with Crippen molar-refractivity contribution in [3.8, 4) is 0 Å². The molecule has 0 atom stereocenters. The molecule has 0 unspecified atom stereocenters. The summed E-state index contributed by atoms with van der Waals surface area (Å²) < 4.78 is 0. The Labute approximate surface area is 538 Å². The third-order valence-corrected chi connectivity index (χ3v) is 15.9. The summed E-state index contributed by atoms with van der Waals surface area (Å²) in [5, 5.41) is 40.9. The number of carboxylic acids is 4. The molecule has 480 valence electrons. The first-order valence-corrected chi connectivity index (χ1v) is 35.9. The van der Waals surface area contributed by atoms with Crippen molar-refractivity contribution in [3.05, 3.63) is 0 Å². The molecule has 0 aliphatic carbocycles. The van der Waals surface area contributed by atoms with E-state index in [1.165, 1.54) is 334 Å². The molecule has 0 aliphatic heterocycles. The van der Waals surface area contributed by atoms with Gasteiger partial charge >= 0.3 is 39.9 Å². The molecule has 8 nitrogen and oxygen atoms in total. The number of aliphatic carboxylic acids is 4. The summed E-state index contributed by atoms with van der Waals surface area (Å²) in [6, 6.07) is 0. The van der Waals surface area contributed by atoms with Crippen LogP contribution < -0.4 is 20.4 Å². The molecule has 0 fully saturated rings. The van der Waals surface area contributed by atoms with E-state index >= 15 is 0 Å². The van der Waals surface area contributed by atoms with Crippen LogP contribution in [0.3, 0.4) is 0 Å². The van der Waals surface area contributed by atoms with Crippen molar-refractivity contribution in [3.63, 3.8) is 0 Å². The Balaban J connectivity index is -0.000000316. The summed E-state index contributed by atoms with van der Waals surface area (Å²) in [5.41, 5.74) is 0. The molecule has 0 saturated heterocycles. The van der Waals surface area contributed by atoms with Crippen molar-refractivity contribution in [2.45, 2.75) is 439 Å². The van der Waals surface area contributed by atoms with Gasteiger partial charge in [-0.2, -0.15) is 0 Å². The molecule has 0 spiro atoms. The zero-order valence-electron chi connectivity index (χ0n) is 55.0. The van der Waals surface area contributed by atoms with Crippen molar-refractivity contribution in [1.82, 2.24) is 0 Å². The fraction of sp³-hybridized carbons (Fsp3) is 0.944. The van der Waals surface area contributed by atoms with Gasteiger partial charge in [0.2, 0.25) is 0 Å². The maximum Gasteiger partial charge on any atom is 4.00 e. The Morgan fingerprint density at radius 2 is 0.235 bits per heavy atom. The van der Waals surface area contributed by atoms with Gasteiger partial charge in [-0.1, -0.05) is 387 Å². The van der Waals surface area contributed by atoms with Crippen molar-refractivity contribution in [2.75, 3.05) is 0 Å². The Morgan fingerprint density at radius 1 is 0.160 bits per heavy atom. The van der Waals surface area contributed by atoms with E-state index in [1.54, 1.807) is 0 Å². The Bertz CT molecular complexity index is 990. The van der Waals surface area contributed by atoms with Gasteiger partial charge in [0.15, 0.2) is 0 Å². The molecule has 0 aliphatic rings. The first-order valence-electron chi connectivity index (χ1n) is 35.9. The fourth-order valence-electron chi connectivity index (χ4n) is 10.6. The molecule has 0 heterocycles. The standard InChI is InChI=1S/4C18H36O2.Th/c4*1-2-3-4-5-6-7-8-9-10-11-12-13-14-15-16-17-18(19)20;/h4*2-17H2,1H3,(H,19,20);/q;;;;+4/p-4. The molecule has 0 aromatic rings. The van der Waals surface area contributed by atoms with Gasteiger partial charge in [0.1, 0.15) is 0 Å². The van der Waals surface area contributed by atoms with Crippen molar-refractivity contribution in [1.29, 1.82) is 0 Å². The van der Waals surface area contributed by atoms with Crippen LogP contribution in [0.15, 0.2) is 0 Å². The van der Waals surface area contributed by atoms with Gasteiger partial charge in [0, 0.05) is 23.9 Å². The van der Waals surface area contributed by atoms with Crippen molar-refractivity contribution >= 4 is 23.9 Å². The molecule has 0 amide bonds. The minimum Gasteiger partial charge on any atom is -0.550 e. The largest absolute Gasteiger partial charge is 4.00 e. The molecular weight excluding hydrogens is 1220 g/mol. The quantitative estimate of drug-likeness (QED) is 0.0544. The number of carbonyl (C=O) groups is 4. The topological polar surface area (TPSA) is 161 Å². The minimum absolute atomic E-state index is 0. The number of rotatable bonds is 64. The maximum absolute atomic E-state index is 10.2. The fourth-order valence-corrected chi connectivity index (χ4v) is 10.6. The van der Waals surface area contributed by atoms with E-state index in [4.69, 9.17) is 0 Å². The van der Waals surface area contributed by atoms with Gasteiger partial charge in [0.05, 0.1) is 0 Å². The summed E-state index contributed by atoms with van der Waals surface area (Å²) in [7, 11) is 0. The van der Waals surface area contributed by atoms with E-state index in [0.717, 1.165) is 51.4 Å². The zero-order chi connectivity index (χ0) is 59.6. The average Bonchev–Trinajstić information content (AvgIpc) is 3.43. The Hall–Kier alpha value is -0.795. The van der Waals surface area contributed by atoms with Crippen molar-refractivity contribution in [2.24, 2.45) is 0 Å². The summed E-state index contributed by atoms with van der Waals surface area (Å²) in [5.74, 6) is -3.61. The average molecular weight is 1370 g/mol. The number of carbonyl (C=O) groups excluding carboxylic acids is 4. The van der Waals surface area contributed by atoms with E-state index in [1.807, 2.05) is 0 Å². The monoisotopic (exact) mass is 1370 g/mol. The second-order valence-electron chi connectivity index (χ2n) is 24.3. The van der Waals surface area contributed by atoms with E-state index < -0.39 is 23.9 Å². The van der Waals surface area contributed by atoms with Gasteiger partial charge in [0.25, 0.3) is 0 Å². The molecule has 0 aromatic carbocycles. The molecule has 0 aromatic heterocycles. The van der Waals surface area contributed by atoms with E-state index in [9.17, 15) is 39.6 Å². The first-order chi connectivity index (χ1) is 39.1. The molecular formula is C72H140O8Th. The smallest absolute Gasteiger partial charge is 0.550 e. The molecule has 0 bridgehead atoms. The second-order valence-corrected chi connectivity index (χ2v) is 24.3. The van der Waals surface area contributed by atoms with Gasteiger partial charge in [-0.15, -0.1) is 0 Å².